The second-order valence-electron chi connectivity index (χ2n) is 3.57. The lowest BCUT2D eigenvalue weighted by atomic mass is 10.4. The minimum absolute atomic E-state index is 0.226. The topological polar surface area (TPSA) is 73.3 Å². The van der Waals surface area contributed by atoms with Gasteiger partial charge in [-0.2, -0.15) is 4.98 Å². The number of rotatable bonds is 8. The summed E-state index contributed by atoms with van der Waals surface area (Å²) in [6, 6.07) is 0. The Hall–Kier alpha value is -1.85. The fourth-order valence-corrected chi connectivity index (χ4v) is 1.24. The van der Waals surface area contributed by atoms with Crippen LogP contribution < -0.4 is 10.1 Å². The summed E-state index contributed by atoms with van der Waals surface area (Å²) in [4.78, 5) is 19.3. The Bertz CT molecular complexity index is 371. The molecule has 1 heterocycles. The van der Waals surface area contributed by atoms with Gasteiger partial charge in [0.25, 0.3) is 0 Å². The van der Waals surface area contributed by atoms with Gasteiger partial charge in [-0.05, 0) is 13.3 Å². The third kappa shape index (κ3) is 5.47. The quantitative estimate of drug-likeness (QED) is 0.710. The molecule has 1 rings (SSSR count). The molecule has 0 saturated carbocycles. The second-order valence-corrected chi connectivity index (χ2v) is 3.57. The normalized spacial score (nSPS) is 9.89. The molecule has 1 aromatic rings. The minimum Gasteiger partial charge on any atom is -0.477 e. The number of nitrogens with zero attached hydrogens (tertiary/aromatic N) is 2. The highest BCUT2D eigenvalue weighted by Crippen LogP contribution is 2.09. The molecule has 100 valence electrons. The third-order valence-electron chi connectivity index (χ3n) is 2.01. The highest BCUT2D eigenvalue weighted by Gasteiger charge is 2.02. The van der Waals surface area contributed by atoms with Gasteiger partial charge in [-0.3, -0.25) is 9.78 Å². The van der Waals surface area contributed by atoms with Crippen molar-refractivity contribution in [1.82, 2.24) is 9.97 Å². The number of nitrogens with one attached hydrogen (secondary N) is 1. The van der Waals surface area contributed by atoms with Crippen LogP contribution in [0.3, 0.4) is 0 Å². The van der Waals surface area contributed by atoms with E-state index in [1.807, 2.05) is 6.92 Å². The molecule has 0 amide bonds. The molecule has 0 aromatic carbocycles. The van der Waals surface area contributed by atoms with E-state index in [-0.39, 0.29) is 5.97 Å². The van der Waals surface area contributed by atoms with Crippen LogP contribution >= 0.6 is 0 Å². The largest absolute Gasteiger partial charge is 0.477 e. The van der Waals surface area contributed by atoms with Gasteiger partial charge in [0, 0.05) is 6.54 Å². The van der Waals surface area contributed by atoms with E-state index in [4.69, 9.17) is 9.47 Å². The Kier molecular flexibility index (Phi) is 6.53. The zero-order chi connectivity index (χ0) is 13.2. The molecule has 0 unspecified atom stereocenters. The monoisotopic (exact) mass is 253 g/mol. The van der Waals surface area contributed by atoms with Crippen molar-refractivity contribution >= 4 is 11.8 Å². The number of hydrogen-bond donors (Lipinski definition) is 1. The van der Waals surface area contributed by atoms with Gasteiger partial charge >= 0.3 is 5.97 Å². The lowest BCUT2D eigenvalue weighted by Crippen LogP contribution is -2.12. The number of carbonyl (C=O) groups is 1. The Balaban J connectivity index is 2.35. The first-order valence-corrected chi connectivity index (χ1v) is 6.10. The first-order valence-electron chi connectivity index (χ1n) is 6.10. The molecule has 18 heavy (non-hydrogen) atoms. The van der Waals surface area contributed by atoms with Crippen molar-refractivity contribution in [1.29, 1.82) is 0 Å². The van der Waals surface area contributed by atoms with E-state index in [1.165, 1.54) is 0 Å². The lowest BCUT2D eigenvalue weighted by Gasteiger charge is -2.07. The van der Waals surface area contributed by atoms with Crippen LogP contribution in [-0.2, 0) is 9.53 Å². The van der Waals surface area contributed by atoms with E-state index in [2.05, 4.69) is 15.3 Å². The predicted molar refractivity (Wildman–Crippen MR) is 67.6 cm³/mol. The van der Waals surface area contributed by atoms with Crippen LogP contribution in [0.2, 0.25) is 0 Å². The predicted octanol–water partition coefficient (Wildman–Crippen LogP) is 1.63. The van der Waals surface area contributed by atoms with Crippen molar-refractivity contribution in [3.05, 3.63) is 12.4 Å². The van der Waals surface area contributed by atoms with Crippen LogP contribution in [0.1, 0.15) is 26.7 Å². The molecule has 0 aliphatic heterocycles. The van der Waals surface area contributed by atoms with E-state index < -0.39 is 0 Å². The highest BCUT2D eigenvalue weighted by atomic mass is 16.5. The van der Waals surface area contributed by atoms with Crippen molar-refractivity contribution in [2.45, 2.75) is 26.7 Å². The van der Waals surface area contributed by atoms with Gasteiger partial charge in [0.2, 0.25) is 5.88 Å². The van der Waals surface area contributed by atoms with Crippen LogP contribution in [0, 0.1) is 0 Å². The van der Waals surface area contributed by atoms with Gasteiger partial charge < -0.3 is 14.8 Å². The van der Waals surface area contributed by atoms with Gasteiger partial charge in [-0.25, -0.2) is 0 Å². The summed E-state index contributed by atoms with van der Waals surface area (Å²) < 4.78 is 10.2. The smallest absolute Gasteiger partial charge is 0.307 e. The number of esters is 1. The molecule has 0 radical (unpaired) electrons. The van der Waals surface area contributed by atoms with Crippen LogP contribution in [0.5, 0.6) is 5.88 Å². The molecule has 1 N–H and O–H groups in total. The molecule has 0 aliphatic carbocycles. The molecule has 0 spiro atoms. The van der Waals surface area contributed by atoms with Gasteiger partial charge in [0.15, 0.2) is 0 Å². The average molecular weight is 253 g/mol. The Morgan fingerprint density at radius 2 is 2.22 bits per heavy atom. The number of anilines is 1. The van der Waals surface area contributed by atoms with Crippen molar-refractivity contribution in [3.8, 4) is 5.88 Å². The first kappa shape index (κ1) is 14.2. The van der Waals surface area contributed by atoms with Crippen LogP contribution in [0.25, 0.3) is 0 Å². The number of carbonyl (C=O) groups excluding carboxylic acids is 1. The molecule has 6 nitrogen and oxygen atoms in total. The van der Waals surface area contributed by atoms with Crippen LogP contribution in [0.15, 0.2) is 12.4 Å². The summed E-state index contributed by atoms with van der Waals surface area (Å²) in [5.74, 6) is 0.849. The standard InChI is InChI=1S/C12H19N3O3/c1-3-7-18-11-9-13-8-10(15-11)14-6-5-12(16)17-4-2/h8-9H,3-7H2,1-2H3,(H,14,15). The third-order valence-corrected chi connectivity index (χ3v) is 2.01. The maximum absolute atomic E-state index is 11.1. The zero-order valence-corrected chi connectivity index (χ0v) is 10.8. The molecular formula is C12H19N3O3. The fraction of sp³-hybridized carbons (Fsp3) is 0.583. The summed E-state index contributed by atoms with van der Waals surface area (Å²) >= 11 is 0. The average Bonchev–Trinajstić information content (AvgIpc) is 2.37. The minimum atomic E-state index is -0.226. The zero-order valence-electron chi connectivity index (χ0n) is 10.8. The van der Waals surface area contributed by atoms with Gasteiger partial charge in [0.1, 0.15) is 5.82 Å². The Morgan fingerprint density at radius 3 is 2.94 bits per heavy atom. The van der Waals surface area contributed by atoms with E-state index >= 15 is 0 Å². The maximum Gasteiger partial charge on any atom is 0.307 e. The first-order chi connectivity index (χ1) is 8.76. The molecule has 1 aromatic heterocycles. The molecule has 0 saturated heterocycles. The van der Waals surface area contributed by atoms with Crippen molar-refractivity contribution < 1.29 is 14.3 Å². The molecule has 6 heteroatoms. The highest BCUT2D eigenvalue weighted by molar-refractivity contribution is 5.69. The van der Waals surface area contributed by atoms with Gasteiger partial charge in [0.05, 0.1) is 32.0 Å². The summed E-state index contributed by atoms with van der Waals surface area (Å²) in [5.41, 5.74) is 0. The second kappa shape index (κ2) is 8.27. The van der Waals surface area contributed by atoms with E-state index in [0.29, 0.717) is 37.9 Å². The molecule has 0 bridgehead atoms. The van der Waals surface area contributed by atoms with Crippen molar-refractivity contribution in [3.63, 3.8) is 0 Å². The summed E-state index contributed by atoms with van der Waals surface area (Å²) in [6.45, 7) is 5.28. The lowest BCUT2D eigenvalue weighted by molar-refractivity contribution is -0.142. The summed E-state index contributed by atoms with van der Waals surface area (Å²) in [7, 11) is 0. The Labute approximate surface area is 107 Å². The molecule has 0 atom stereocenters. The summed E-state index contributed by atoms with van der Waals surface area (Å²) in [6.07, 6.45) is 4.37. The Morgan fingerprint density at radius 1 is 1.39 bits per heavy atom. The number of ether oxygens (including phenoxy) is 2. The van der Waals surface area contributed by atoms with Gasteiger partial charge in [-0.15, -0.1) is 0 Å². The number of aromatic nitrogens is 2. The molecule has 0 fully saturated rings. The molecular weight excluding hydrogens is 234 g/mol. The van der Waals surface area contributed by atoms with Crippen molar-refractivity contribution in [2.24, 2.45) is 0 Å². The summed E-state index contributed by atoms with van der Waals surface area (Å²) in [5, 5.41) is 3.00. The van der Waals surface area contributed by atoms with E-state index in [1.54, 1.807) is 19.3 Å². The van der Waals surface area contributed by atoms with Crippen molar-refractivity contribution in [2.75, 3.05) is 25.1 Å². The number of hydrogen-bond acceptors (Lipinski definition) is 6. The van der Waals surface area contributed by atoms with Crippen LogP contribution in [-0.4, -0.2) is 35.7 Å². The van der Waals surface area contributed by atoms with Gasteiger partial charge in [-0.1, -0.05) is 6.92 Å². The maximum atomic E-state index is 11.1. The fourth-order valence-electron chi connectivity index (χ4n) is 1.24. The van der Waals surface area contributed by atoms with Crippen LogP contribution in [0.4, 0.5) is 5.82 Å². The molecule has 0 aliphatic rings. The SMILES string of the molecule is CCCOc1cncc(NCCC(=O)OCC)n1. The van der Waals surface area contributed by atoms with E-state index in [9.17, 15) is 4.79 Å². The van der Waals surface area contributed by atoms with E-state index in [0.717, 1.165) is 6.42 Å².